The fraction of sp³-hybridized carbons (Fsp3) is 0.253. The number of morpholine rings is 1. The van der Waals surface area contributed by atoms with E-state index in [0.29, 0.717) is 42.4 Å². The average molecular weight is 1370 g/mol. The lowest BCUT2D eigenvalue weighted by Gasteiger charge is -2.34. The number of aromatic nitrogens is 12. The Bertz CT molecular complexity index is 5480. The number of furan rings is 4. The fourth-order valence-electron chi connectivity index (χ4n) is 12.7. The number of benzene rings is 4. The van der Waals surface area contributed by atoms with Crippen molar-refractivity contribution in [1.82, 2.24) is 65.6 Å². The molecule has 19 rings (SSSR count). The van der Waals surface area contributed by atoms with Gasteiger partial charge in [-0.3, -0.25) is 40.3 Å². The van der Waals surface area contributed by atoms with Gasteiger partial charge in [-0.25, -0.2) is 0 Å². The molecule has 1 aliphatic carbocycles. The van der Waals surface area contributed by atoms with E-state index in [1.807, 2.05) is 116 Å². The minimum Gasteiger partial charge on any atom is -0.489 e. The second-order valence-corrected chi connectivity index (χ2v) is 25.0. The van der Waals surface area contributed by atoms with Crippen LogP contribution in [0.5, 0.6) is 11.5 Å². The SMILES string of the molecule is CCN1CCN(c2coc3cc(Nc4n[nH]c5cccnc45)ccc23)CC1.COCCCOc1coc2cc(Nc3n[nH]c4cccnc34)ccc12.c1cnc2c(Nc3ccc4c(N5CCOCC5)coc4c3)n[nH]c2c1.c1cnc2c(Nc3ccc4c(OCC5CCC5)coc4c3)n[nH]c2c1. The van der Waals surface area contributed by atoms with E-state index in [1.165, 1.54) is 24.9 Å². The van der Waals surface area contributed by atoms with Gasteiger partial charge in [0.1, 0.15) is 69.5 Å². The number of hydrogen-bond donors (Lipinski definition) is 8. The number of fused-ring (bicyclic) bond motifs is 8. The molecule has 3 fully saturated rings. The first-order valence-corrected chi connectivity index (χ1v) is 34.3. The maximum Gasteiger partial charge on any atom is 0.178 e. The Morgan fingerprint density at radius 1 is 0.451 bits per heavy atom. The smallest absolute Gasteiger partial charge is 0.178 e. The molecule has 0 amide bonds. The van der Waals surface area contributed by atoms with Gasteiger partial charge in [0.05, 0.1) is 70.6 Å². The summed E-state index contributed by atoms with van der Waals surface area (Å²) in [5, 5.41) is 46.5. The highest BCUT2D eigenvalue weighted by Gasteiger charge is 2.23. The number of piperazine rings is 1. The summed E-state index contributed by atoms with van der Waals surface area (Å²) in [4.78, 5) is 24.6. The van der Waals surface area contributed by atoms with Crippen LogP contribution in [-0.2, 0) is 9.47 Å². The Morgan fingerprint density at radius 2 is 0.843 bits per heavy atom. The van der Waals surface area contributed by atoms with Gasteiger partial charge in [-0.1, -0.05) is 13.3 Å². The highest BCUT2D eigenvalue weighted by Crippen LogP contribution is 2.38. The molecule has 16 aromatic rings. The van der Waals surface area contributed by atoms with Crippen molar-refractivity contribution in [3.8, 4) is 11.5 Å². The number of likely N-dealkylation sites (N-methyl/N-ethyl adjacent to an activating group) is 1. The molecule has 102 heavy (non-hydrogen) atoms. The maximum absolute atomic E-state index is 5.93. The van der Waals surface area contributed by atoms with E-state index >= 15 is 0 Å². The van der Waals surface area contributed by atoms with Crippen molar-refractivity contribution in [3.63, 3.8) is 0 Å². The minimum atomic E-state index is 0.591. The van der Waals surface area contributed by atoms with Gasteiger partial charge in [-0.05, 0) is 122 Å². The molecule has 2 saturated heterocycles. The number of aromatic amines is 4. The molecule has 12 aromatic heterocycles. The van der Waals surface area contributed by atoms with E-state index < -0.39 is 0 Å². The number of pyridine rings is 4. The molecule has 0 bridgehead atoms. The molecule has 27 heteroatoms. The summed E-state index contributed by atoms with van der Waals surface area (Å²) in [5.74, 6) is 5.05. The van der Waals surface area contributed by atoms with Gasteiger partial charge in [0.25, 0.3) is 0 Å². The number of nitrogens with zero attached hydrogens (tertiary/aromatic N) is 11. The van der Waals surface area contributed by atoms with Crippen LogP contribution in [0.3, 0.4) is 0 Å². The summed E-state index contributed by atoms with van der Waals surface area (Å²) in [7, 11) is 1.68. The van der Waals surface area contributed by atoms with Gasteiger partial charge in [0.2, 0.25) is 0 Å². The van der Waals surface area contributed by atoms with Crippen LogP contribution in [-0.4, -0.2) is 152 Å². The first-order chi connectivity index (χ1) is 50.4. The van der Waals surface area contributed by atoms with Gasteiger partial charge < -0.3 is 72.6 Å². The lowest BCUT2D eigenvalue weighted by Crippen LogP contribution is -2.46. The van der Waals surface area contributed by atoms with E-state index in [4.69, 9.17) is 36.6 Å². The molecular weight excluding hydrogens is 1290 g/mol. The Labute approximate surface area is 583 Å². The molecule has 3 aliphatic rings. The summed E-state index contributed by atoms with van der Waals surface area (Å²) >= 11 is 0. The molecule has 0 spiro atoms. The zero-order valence-electron chi connectivity index (χ0n) is 56.2. The molecule has 14 heterocycles. The average Bonchev–Trinajstić information content (AvgIpc) is 1.61. The van der Waals surface area contributed by atoms with Crippen LogP contribution < -0.4 is 40.5 Å². The summed E-state index contributed by atoms with van der Waals surface area (Å²) in [6.45, 7) is 12.9. The summed E-state index contributed by atoms with van der Waals surface area (Å²) in [6, 6.07) is 39.4. The lowest BCUT2D eigenvalue weighted by atomic mass is 9.86. The summed E-state index contributed by atoms with van der Waals surface area (Å²) < 4.78 is 45.0. The molecule has 2 aliphatic heterocycles. The number of methoxy groups -OCH3 is 1. The second kappa shape index (κ2) is 29.7. The van der Waals surface area contributed by atoms with Gasteiger partial charge in [0, 0.05) is 142 Å². The van der Waals surface area contributed by atoms with Crippen molar-refractivity contribution in [2.45, 2.75) is 32.6 Å². The normalized spacial score (nSPS) is 14.2. The molecule has 0 radical (unpaired) electrons. The van der Waals surface area contributed by atoms with Crippen LogP contribution in [0.25, 0.3) is 88.0 Å². The van der Waals surface area contributed by atoms with Crippen LogP contribution in [0, 0.1) is 5.92 Å². The molecule has 0 atom stereocenters. The Hall–Kier alpha value is -12.2. The lowest BCUT2D eigenvalue weighted by molar-refractivity contribution is 0.123. The second-order valence-electron chi connectivity index (χ2n) is 25.0. The van der Waals surface area contributed by atoms with Crippen molar-refractivity contribution >= 4 is 145 Å². The largest absolute Gasteiger partial charge is 0.489 e. The molecule has 0 unspecified atom stereocenters. The third-order valence-corrected chi connectivity index (χ3v) is 18.5. The third kappa shape index (κ3) is 14.1. The van der Waals surface area contributed by atoms with E-state index in [1.54, 1.807) is 44.4 Å². The van der Waals surface area contributed by atoms with E-state index in [0.717, 1.165) is 200 Å². The van der Waals surface area contributed by atoms with Crippen LogP contribution in [0.15, 0.2) is 189 Å². The van der Waals surface area contributed by atoms with Crippen molar-refractivity contribution in [2.24, 2.45) is 5.92 Å². The Kier molecular flexibility index (Phi) is 18.8. The molecule has 8 N–H and O–H groups in total. The van der Waals surface area contributed by atoms with Crippen LogP contribution >= 0.6 is 0 Å². The Morgan fingerprint density at radius 3 is 1.25 bits per heavy atom. The number of anilines is 10. The number of hydrogen-bond acceptors (Lipinski definition) is 23. The quantitative estimate of drug-likeness (QED) is 0.0349. The molecular formula is C75H75N19O8. The zero-order chi connectivity index (χ0) is 68.6. The standard InChI is InChI=1S/C20H22N6O.C19H18N4O2.C18H17N5O2.C18H18N4O3/c1-2-25-8-10-26(11-9-25)17-13-27-18-12-14(5-6-15(17)18)22-20-19-16(23-24-20)4-3-7-21-19;1-3-12(4-1)10-24-17-11-25-16-9-13(6-7-14(16)17)21-19-18-15(22-23-19)5-2-8-20-18;1-2-14-17(19-5-1)18(22-21-14)20-12-3-4-13-15(11-25-16(13)10-12)23-6-8-24-9-7-23;1-23-8-3-9-24-16-11-25-15-10-12(5-6-13(15)16)20-18-17-14(21-22-18)4-2-7-19-17/h3-7,12-13H,2,8-11H2,1H3,(H2,22,23,24);2,5-9,11-12H,1,3-4,10H2,(H2,21,22,23);1-5,10-11H,6-9H2,(H2,20,21,22);2,4-7,10-11H,3,8-9H2,1H3,(H2,20,21,22). The molecule has 518 valence electrons. The van der Waals surface area contributed by atoms with Crippen molar-refractivity contribution < 1.29 is 36.6 Å². The zero-order valence-corrected chi connectivity index (χ0v) is 56.2. The number of H-pyrrole nitrogens is 4. The predicted molar refractivity (Wildman–Crippen MR) is 396 cm³/mol. The van der Waals surface area contributed by atoms with Gasteiger partial charge in [-0.2, -0.15) is 20.4 Å². The highest BCUT2D eigenvalue weighted by molar-refractivity contribution is 5.97. The van der Waals surface area contributed by atoms with E-state index in [9.17, 15) is 0 Å². The van der Waals surface area contributed by atoms with Crippen molar-refractivity contribution in [3.05, 3.63) is 171 Å². The first-order valence-electron chi connectivity index (χ1n) is 34.3. The van der Waals surface area contributed by atoms with Crippen LogP contribution in [0.4, 0.5) is 57.4 Å². The van der Waals surface area contributed by atoms with E-state index in [2.05, 4.69) is 122 Å². The summed E-state index contributed by atoms with van der Waals surface area (Å²) in [6.07, 6.45) is 18.8. The van der Waals surface area contributed by atoms with Crippen LogP contribution in [0.2, 0.25) is 0 Å². The predicted octanol–water partition coefficient (Wildman–Crippen LogP) is 15.4. The summed E-state index contributed by atoms with van der Waals surface area (Å²) in [5.41, 5.74) is 16.0. The van der Waals surface area contributed by atoms with Gasteiger partial charge in [0.15, 0.2) is 34.8 Å². The first kappa shape index (κ1) is 64.5. The molecule has 1 saturated carbocycles. The minimum absolute atomic E-state index is 0.591. The van der Waals surface area contributed by atoms with Gasteiger partial charge >= 0.3 is 0 Å². The number of rotatable bonds is 19. The highest BCUT2D eigenvalue weighted by atomic mass is 16.5. The number of nitrogens with one attached hydrogen (secondary N) is 8. The third-order valence-electron chi connectivity index (χ3n) is 18.5. The molecule has 27 nitrogen and oxygen atoms in total. The maximum atomic E-state index is 5.93. The van der Waals surface area contributed by atoms with Crippen LogP contribution in [0.1, 0.15) is 32.6 Å². The number of ether oxygens (including phenoxy) is 4. The fourth-order valence-corrected chi connectivity index (χ4v) is 12.7. The molecule has 4 aromatic carbocycles. The van der Waals surface area contributed by atoms with Gasteiger partial charge in [-0.15, -0.1) is 0 Å². The monoisotopic (exact) mass is 1370 g/mol. The van der Waals surface area contributed by atoms with Crippen molar-refractivity contribution in [1.29, 1.82) is 0 Å². The topological polar surface area (TPSA) is 314 Å². The Balaban J connectivity index is 0.000000105. The van der Waals surface area contributed by atoms with Crippen molar-refractivity contribution in [2.75, 3.05) is 117 Å². The van der Waals surface area contributed by atoms with E-state index in [-0.39, 0.29) is 0 Å².